The van der Waals surface area contributed by atoms with Gasteiger partial charge in [-0.25, -0.2) is 0 Å². The van der Waals surface area contributed by atoms with Crippen molar-refractivity contribution in [1.29, 1.82) is 0 Å². The molecular formula is C17H28N2O2. The van der Waals surface area contributed by atoms with Crippen LogP contribution < -0.4 is 5.32 Å². The molecule has 0 aromatic heterocycles. The number of rotatable bonds is 8. The van der Waals surface area contributed by atoms with E-state index in [1.165, 1.54) is 0 Å². The Kier molecular flexibility index (Phi) is 6.18. The lowest BCUT2D eigenvalue weighted by Gasteiger charge is -2.39. The summed E-state index contributed by atoms with van der Waals surface area (Å²) in [6, 6.07) is 10.7. The van der Waals surface area contributed by atoms with Crippen LogP contribution in [-0.4, -0.2) is 56.0 Å². The third-order valence-electron chi connectivity index (χ3n) is 4.36. The molecule has 4 heteroatoms. The zero-order chi connectivity index (χ0) is 15.1. The van der Waals surface area contributed by atoms with Gasteiger partial charge in [0, 0.05) is 19.2 Å². The highest BCUT2D eigenvalue weighted by molar-refractivity contribution is 5.25. The summed E-state index contributed by atoms with van der Waals surface area (Å²) in [4.78, 5) is 2.32. The first kappa shape index (κ1) is 16.4. The van der Waals surface area contributed by atoms with Gasteiger partial charge in [-0.1, -0.05) is 37.3 Å². The van der Waals surface area contributed by atoms with Crippen LogP contribution in [0.2, 0.25) is 0 Å². The van der Waals surface area contributed by atoms with Crippen LogP contribution in [0.3, 0.4) is 0 Å². The maximum Gasteiger partial charge on any atom is 0.0797 e. The lowest BCUT2D eigenvalue weighted by molar-refractivity contribution is 0.0904. The number of aliphatic hydroxyl groups excluding tert-OH is 1. The van der Waals surface area contributed by atoms with Gasteiger partial charge < -0.3 is 15.2 Å². The summed E-state index contributed by atoms with van der Waals surface area (Å²) in [6.45, 7) is 5.55. The Balaban J connectivity index is 2.17. The lowest BCUT2D eigenvalue weighted by Crippen LogP contribution is -2.55. The van der Waals surface area contributed by atoms with E-state index in [9.17, 15) is 5.11 Å². The number of aliphatic hydroxyl groups is 1. The summed E-state index contributed by atoms with van der Waals surface area (Å²) in [5.41, 5.74) is 0.737. The van der Waals surface area contributed by atoms with Crippen LogP contribution in [0.15, 0.2) is 30.3 Å². The molecule has 21 heavy (non-hydrogen) atoms. The van der Waals surface area contributed by atoms with Crippen molar-refractivity contribution in [2.45, 2.75) is 31.3 Å². The second-order valence-electron chi connectivity index (χ2n) is 5.97. The number of nitrogens with zero attached hydrogens (tertiary/aromatic N) is 1. The van der Waals surface area contributed by atoms with Crippen molar-refractivity contribution in [2.75, 3.05) is 40.0 Å². The van der Waals surface area contributed by atoms with Gasteiger partial charge >= 0.3 is 0 Å². The van der Waals surface area contributed by atoms with Crippen LogP contribution >= 0.6 is 0 Å². The number of ether oxygens (including phenoxy) is 1. The summed E-state index contributed by atoms with van der Waals surface area (Å²) in [7, 11) is 2.13. The Bertz CT molecular complexity index is 407. The first-order chi connectivity index (χ1) is 10.2. The van der Waals surface area contributed by atoms with E-state index >= 15 is 0 Å². The molecular weight excluding hydrogens is 264 g/mol. The van der Waals surface area contributed by atoms with Gasteiger partial charge in [-0.3, -0.25) is 4.90 Å². The largest absolute Gasteiger partial charge is 0.394 e. The first-order valence-corrected chi connectivity index (χ1v) is 7.91. The summed E-state index contributed by atoms with van der Waals surface area (Å²) >= 11 is 0. The van der Waals surface area contributed by atoms with Crippen molar-refractivity contribution in [3.8, 4) is 0 Å². The summed E-state index contributed by atoms with van der Waals surface area (Å²) in [5.74, 6) is 0. The fourth-order valence-corrected chi connectivity index (χ4v) is 2.99. The second-order valence-corrected chi connectivity index (χ2v) is 5.97. The van der Waals surface area contributed by atoms with Gasteiger partial charge in [-0.05, 0) is 32.0 Å². The molecule has 2 unspecified atom stereocenters. The monoisotopic (exact) mass is 292 g/mol. The van der Waals surface area contributed by atoms with Crippen molar-refractivity contribution >= 4 is 0 Å². The van der Waals surface area contributed by atoms with Crippen LogP contribution in [0.25, 0.3) is 0 Å². The SMILES string of the molecule is CCCNC(CO)(CN(C)C1CCOC1)c1ccccc1. The normalized spacial score (nSPS) is 21.6. The van der Waals surface area contributed by atoms with Crippen LogP contribution in [0.1, 0.15) is 25.3 Å². The Morgan fingerprint density at radius 3 is 2.71 bits per heavy atom. The van der Waals surface area contributed by atoms with Crippen molar-refractivity contribution in [3.63, 3.8) is 0 Å². The molecule has 2 N–H and O–H groups in total. The van der Waals surface area contributed by atoms with Gasteiger partial charge in [0.05, 0.1) is 18.8 Å². The molecule has 0 radical (unpaired) electrons. The Morgan fingerprint density at radius 1 is 1.38 bits per heavy atom. The molecule has 2 rings (SSSR count). The topological polar surface area (TPSA) is 44.7 Å². The van der Waals surface area contributed by atoms with Crippen LogP contribution in [-0.2, 0) is 10.3 Å². The summed E-state index contributed by atoms with van der Waals surface area (Å²) < 4.78 is 5.49. The van der Waals surface area contributed by atoms with E-state index in [1.807, 2.05) is 18.2 Å². The minimum atomic E-state index is -0.408. The van der Waals surface area contributed by atoms with Gasteiger partial charge in [0.25, 0.3) is 0 Å². The molecule has 1 aliphatic heterocycles. The second kappa shape index (κ2) is 7.90. The Hall–Kier alpha value is -0.940. The summed E-state index contributed by atoms with van der Waals surface area (Å²) in [5, 5.41) is 13.7. The molecule has 1 aliphatic rings. The molecule has 4 nitrogen and oxygen atoms in total. The predicted molar refractivity (Wildman–Crippen MR) is 85.4 cm³/mol. The lowest BCUT2D eigenvalue weighted by atomic mass is 9.89. The van der Waals surface area contributed by atoms with Crippen molar-refractivity contribution in [3.05, 3.63) is 35.9 Å². The molecule has 0 amide bonds. The average molecular weight is 292 g/mol. The van der Waals surface area contributed by atoms with E-state index in [2.05, 4.69) is 36.3 Å². The summed E-state index contributed by atoms with van der Waals surface area (Å²) in [6.07, 6.45) is 2.12. The minimum absolute atomic E-state index is 0.0922. The van der Waals surface area contributed by atoms with E-state index < -0.39 is 5.54 Å². The number of hydrogen-bond acceptors (Lipinski definition) is 4. The molecule has 1 aromatic carbocycles. The molecule has 0 aliphatic carbocycles. The van der Waals surface area contributed by atoms with Crippen molar-refractivity contribution in [1.82, 2.24) is 10.2 Å². The van der Waals surface area contributed by atoms with Gasteiger partial charge in [0.15, 0.2) is 0 Å². The zero-order valence-electron chi connectivity index (χ0n) is 13.2. The zero-order valence-corrected chi connectivity index (χ0v) is 13.2. The number of benzene rings is 1. The van der Waals surface area contributed by atoms with Crippen LogP contribution in [0, 0.1) is 0 Å². The molecule has 118 valence electrons. The van der Waals surface area contributed by atoms with Crippen molar-refractivity contribution in [2.24, 2.45) is 0 Å². The third-order valence-corrected chi connectivity index (χ3v) is 4.36. The molecule has 0 bridgehead atoms. The van der Waals surface area contributed by atoms with E-state index in [0.29, 0.717) is 6.04 Å². The average Bonchev–Trinajstić information content (AvgIpc) is 3.07. The van der Waals surface area contributed by atoms with Crippen LogP contribution in [0.4, 0.5) is 0 Å². The fraction of sp³-hybridized carbons (Fsp3) is 0.647. The molecule has 0 spiro atoms. The highest BCUT2D eigenvalue weighted by Crippen LogP contribution is 2.24. The number of hydrogen-bond donors (Lipinski definition) is 2. The molecule has 1 saturated heterocycles. The Morgan fingerprint density at radius 2 is 2.14 bits per heavy atom. The predicted octanol–water partition coefficient (Wildman–Crippen LogP) is 1.59. The van der Waals surface area contributed by atoms with Gasteiger partial charge in [0.2, 0.25) is 0 Å². The Labute approximate surface area is 128 Å². The van der Waals surface area contributed by atoms with Gasteiger partial charge in [-0.15, -0.1) is 0 Å². The molecule has 2 atom stereocenters. The van der Waals surface area contributed by atoms with Crippen molar-refractivity contribution < 1.29 is 9.84 Å². The molecule has 1 aromatic rings. The van der Waals surface area contributed by atoms with E-state index in [4.69, 9.17) is 4.74 Å². The smallest absolute Gasteiger partial charge is 0.0797 e. The number of nitrogens with one attached hydrogen (secondary N) is 1. The minimum Gasteiger partial charge on any atom is -0.394 e. The van der Waals surface area contributed by atoms with Gasteiger partial charge in [-0.2, -0.15) is 0 Å². The first-order valence-electron chi connectivity index (χ1n) is 7.91. The third kappa shape index (κ3) is 4.04. The van der Waals surface area contributed by atoms with E-state index in [1.54, 1.807) is 0 Å². The van der Waals surface area contributed by atoms with Gasteiger partial charge in [0.1, 0.15) is 0 Å². The maximum atomic E-state index is 10.1. The van der Waals surface area contributed by atoms with E-state index in [0.717, 1.165) is 44.7 Å². The fourth-order valence-electron chi connectivity index (χ4n) is 2.99. The number of likely N-dealkylation sites (N-methyl/N-ethyl adjacent to an activating group) is 1. The molecule has 1 heterocycles. The highest BCUT2D eigenvalue weighted by atomic mass is 16.5. The van der Waals surface area contributed by atoms with Crippen LogP contribution in [0.5, 0.6) is 0 Å². The maximum absolute atomic E-state index is 10.1. The quantitative estimate of drug-likeness (QED) is 0.764. The standard InChI is InChI=1S/C17H28N2O2/c1-3-10-18-17(14-20,15-7-5-4-6-8-15)13-19(2)16-9-11-21-12-16/h4-8,16,18,20H,3,9-14H2,1-2H3. The molecule has 1 fully saturated rings. The molecule has 0 saturated carbocycles. The highest BCUT2D eigenvalue weighted by Gasteiger charge is 2.34. The van der Waals surface area contributed by atoms with E-state index in [-0.39, 0.29) is 6.61 Å².